The zero-order valence-corrected chi connectivity index (χ0v) is 12.6. The number of benzene rings is 2. The lowest BCUT2D eigenvalue weighted by molar-refractivity contribution is 0.405. The molecular formula is C18H22O2. The molecule has 0 fully saturated rings. The van der Waals surface area contributed by atoms with Gasteiger partial charge in [0.2, 0.25) is 0 Å². The minimum Gasteiger partial charge on any atom is -0.504 e. The fourth-order valence-corrected chi connectivity index (χ4v) is 2.06. The van der Waals surface area contributed by atoms with Crippen molar-refractivity contribution in [3.05, 3.63) is 53.6 Å². The van der Waals surface area contributed by atoms with Gasteiger partial charge in [-0.25, -0.2) is 0 Å². The Morgan fingerprint density at radius 1 is 1.05 bits per heavy atom. The average Bonchev–Trinajstić information content (AvgIpc) is 2.41. The summed E-state index contributed by atoms with van der Waals surface area (Å²) in [4.78, 5) is 0. The molecule has 0 aliphatic heterocycles. The second-order valence-electron chi connectivity index (χ2n) is 6.00. The van der Waals surface area contributed by atoms with Crippen LogP contribution in [0.2, 0.25) is 0 Å². The summed E-state index contributed by atoms with van der Waals surface area (Å²) in [5.74, 6) is 1.50. The predicted molar refractivity (Wildman–Crippen MR) is 82.7 cm³/mol. The zero-order valence-electron chi connectivity index (χ0n) is 12.6. The minimum atomic E-state index is 0.0203. The van der Waals surface area contributed by atoms with Crippen LogP contribution in [0.15, 0.2) is 42.5 Å². The summed E-state index contributed by atoms with van der Waals surface area (Å²) in [6.07, 6.45) is 0.779. The van der Waals surface area contributed by atoms with E-state index in [0.717, 1.165) is 23.3 Å². The van der Waals surface area contributed by atoms with Crippen LogP contribution in [0.3, 0.4) is 0 Å². The third-order valence-electron chi connectivity index (χ3n) is 3.37. The molecule has 106 valence electrons. The first kappa shape index (κ1) is 14.4. The van der Waals surface area contributed by atoms with E-state index in [1.165, 1.54) is 0 Å². The van der Waals surface area contributed by atoms with Crippen LogP contribution in [0.1, 0.15) is 38.8 Å². The Morgan fingerprint density at radius 3 is 2.25 bits per heavy atom. The maximum atomic E-state index is 10.3. The molecule has 0 bridgehead atoms. The first-order valence-corrected chi connectivity index (χ1v) is 7.01. The van der Waals surface area contributed by atoms with Crippen LogP contribution < -0.4 is 4.74 Å². The topological polar surface area (TPSA) is 29.5 Å². The average molecular weight is 270 g/mol. The molecule has 0 spiro atoms. The van der Waals surface area contributed by atoms with Crippen molar-refractivity contribution in [2.45, 2.75) is 39.5 Å². The lowest BCUT2D eigenvalue weighted by Gasteiger charge is -2.22. The number of para-hydroxylation sites is 1. The van der Waals surface area contributed by atoms with Crippen LogP contribution in [-0.2, 0) is 11.8 Å². The van der Waals surface area contributed by atoms with Gasteiger partial charge in [-0.15, -0.1) is 0 Å². The molecule has 2 aromatic rings. The highest BCUT2D eigenvalue weighted by molar-refractivity contribution is 5.51. The summed E-state index contributed by atoms with van der Waals surface area (Å²) < 4.78 is 5.84. The van der Waals surface area contributed by atoms with Gasteiger partial charge < -0.3 is 9.84 Å². The predicted octanol–water partition coefficient (Wildman–Crippen LogP) is 5.04. The van der Waals surface area contributed by atoms with Gasteiger partial charge >= 0.3 is 0 Å². The molecule has 2 nitrogen and oxygen atoms in total. The van der Waals surface area contributed by atoms with E-state index < -0.39 is 0 Å². The van der Waals surface area contributed by atoms with E-state index in [-0.39, 0.29) is 11.2 Å². The Kier molecular flexibility index (Phi) is 4.03. The molecule has 20 heavy (non-hydrogen) atoms. The van der Waals surface area contributed by atoms with Crippen molar-refractivity contribution in [1.82, 2.24) is 0 Å². The maximum absolute atomic E-state index is 10.3. The zero-order chi connectivity index (χ0) is 14.8. The molecule has 0 aromatic heterocycles. The van der Waals surface area contributed by atoms with Crippen molar-refractivity contribution in [2.24, 2.45) is 0 Å². The number of hydrogen-bond donors (Lipinski definition) is 1. The van der Waals surface area contributed by atoms with Crippen LogP contribution in [0.4, 0.5) is 0 Å². The van der Waals surface area contributed by atoms with Gasteiger partial charge in [-0.3, -0.25) is 0 Å². The smallest absolute Gasteiger partial charge is 0.169 e. The summed E-state index contributed by atoms with van der Waals surface area (Å²) >= 11 is 0. The van der Waals surface area contributed by atoms with Crippen LogP contribution in [0.25, 0.3) is 0 Å². The van der Waals surface area contributed by atoms with Gasteiger partial charge in [-0.2, -0.15) is 0 Å². The standard InChI is InChI=1S/C18H22O2/c1-5-13-11-14(18(2,3)4)12-16(17(13)19)20-15-9-7-6-8-10-15/h6-12,19H,5H2,1-4H3. The fourth-order valence-electron chi connectivity index (χ4n) is 2.06. The third-order valence-corrected chi connectivity index (χ3v) is 3.37. The van der Waals surface area contributed by atoms with Gasteiger partial charge in [0.25, 0.3) is 0 Å². The molecule has 2 aromatic carbocycles. The number of ether oxygens (including phenoxy) is 1. The van der Waals surface area contributed by atoms with Crippen molar-refractivity contribution in [1.29, 1.82) is 0 Å². The monoisotopic (exact) mass is 270 g/mol. The van der Waals surface area contributed by atoms with E-state index >= 15 is 0 Å². The SMILES string of the molecule is CCc1cc(C(C)(C)C)cc(Oc2ccccc2)c1O. The Bertz CT molecular complexity index is 580. The maximum Gasteiger partial charge on any atom is 0.169 e. The molecule has 0 atom stereocenters. The third kappa shape index (κ3) is 3.13. The Morgan fingerprint density at radius 2 is 1.70 bits per heavy atom. The normalized spacial score (nSPS) is 11.4. The number of aromatic hydroxyl groups is 1. The van der Waals surface area contributed by atoms with Crippen LogP contribution in [0, 0.1) is 0 Å². The van der Waals surface area contributed by atoms with Gasteiger partial charge in [0, 0.05) is 0 Å². The molecule has 0 aliphatic rings. The number of aryl methyl sites for hydroxylation is 1. The molecule has 0 amide bonds. The lowest BCUT2D eigenvalue weighted by atomic mass is 9.85. The molecule has 0 heterocycles. The summed E-state index contributed by atoms with van der Waals surface area (Å²) in [5.41, 5.74) is 2.10. The Balaban J connectivity index is 2.46. The van der Waals surface area contributed by atoms with Crippen molar-refractivity contribution in [3.63, 3.8) is 0 Å². The molecule has 2 heteroatoms. The van der Waals surface area contributed by atoms with E-state index in [2.05, 4.69) is 26.8 Å². The van der Waals surface area contributed by atoms with Crippen LogP contribution in [-0.4, -0.2) is 5.11 Å². The second kappa shape index (κ2) is 5.58. The molecule has 0 radical (unpaired) electrons. The van der Waals surface area contributed by atoms with Gasteiger partial charge in [-0.05, 0) is 41.2 Å². The van der Waals surface area contributed by atoms with Crippen molar-refractivity contribution < 1.29 is 9.84 Å². The highest BCUT2D eigenvalue weighted by Crippen LogP contribution is 2.38. The van der Waals surface area contributed by atoms with Crippen molar-refractivity contribution in [2.75, 3.05) is 0 Å². The van der Waals surface area contributed by atoms with Crippen LogP contribution >= 0.6 is 0 Å². The summed E-state index contributed by atoms with van der Waals surface area (Å²) in [7, 11) is 0. The number of phenols is 1. The molecule has 0 saturated heterocycles. The van der Waals surface area contributed by atoms with Gasteiger partial charge in [0.15, 0.2) is 11.5 Å². The molecule has 0 aliphatic carbocycles. The Hall–Kier alpha value is -1.96. The summed E-state index contributed by atoms with van der Waals surface area (Å²) in [6, 6.07) is 13.5. The summed E-state index contributed by atoms with van der Waals surface area (Å²) in [5, 5.41) is 10.3. The van der Waals surface area contributed by atoms with E-state index in [1.54, 1.807) is 0 Å². The van der Waals surface area contributed by atoms with Gasteiger partial charge in [0.05, 0.1) is 0 Å². The number of hydrogen-bond acceptors (Lipinski definition) is 2. The quantitative estimate of drug-likeness (QED) is 0.846. The lowest BCUT2D eigenvalue weighted by Crippen LogP contribution is -2.11. The molecule has 1 N–H and O–H groups in total. The largest absolute Gasteiger partial charge is 0.504 e. The van der Waals surface area contributed by atoms with E-state index in [9.17, 15) is 5.11 Å². The molecule has 0 unspecified atom stereocenters. The van der Waals surface area contributed by atoms with Crippen LogP contribution in [0.5, 0.6) is 17.2 Å². The van der Waals surface area contributed by atoms with E-state index in [4.69, 9.17) is 4.74 Å². The van der Waals surface area contributed by atoms with Crippen molar-refractivity contribution in [3.8, 4) is 17.2 Å². The first-order chi connectivity index (χ1) is 9.41. The number of phenolic OH excluding ortho intramolecular Hbond substituents is 1. The van der Waals surface area contributed by atoms with E-state index in [1.807, 2.05) is 43.3 Å². The van der Waals surface area contributed by atoms with Gasteiger partial charge in [-0.1, -0.05) is 52.0 Å². The first-order valence-electron chi connectivity index (χ1n) is 7.01. The van der Waals surface area contributed by atoms with Gasteiger partial charge in [0.1, 0.15) is 5.75 Å². The highest BCUT2D eigenvalue weighted by atomic mass is 16.5. The van der Waals surface area contributed by atoms with E-state index in [0.29, 0.717) is 5.75 Å². The highest BCUT2D eigenvalue weighted by Gasteiger charge is 2.19. The number of rotatable bonds is 3. The molecule has 2 rings (SSSR count). The fraction of sp³-hybridized carbons (Fsp3) is 0.333. The minimum absolute atomic E-state index is 0.0203. The Labute approximate surface area is 121 Å². The molecule has 0 saturated carbocycles. The second-order valence-corrected chi connectivity index (χ2v) is 6.00. The molecular weight excluding hydrogens is 248 g/mol. The summed E-state index contributed by atoms with van der Waals surface area (Å²) in [6.45, 7) is 8.51. The van der Waals surface area contributed by atoms with Crippen molar-refractivity contribution >= 4 is 0 Å².